The predicted molar refractivity (Wildman–Crippen MR) is 84.6 cm³/mol. The van der Waals surface area contributed by atoms with E-state index in [1.165, 1.54) is 26.0 Å². The van der Waals surface area contributed by atoms with E-state index >= 15 is 0 Å². The third-order valence-electron chi connectivity index (χ3n) is 3.47. The molecule has 0 saturated carbocycles. The zero-order chi connectivity index (χ0) is 15.8. The number of nitrogens with one attached hydrogen (secondary N) is 1. The maximum absolute atomic E-state index is 10.9. The lowest BCUT2D eigenvalue weighted by molar-refractivity contribution is -0.385. The van der Waals surface area contributed by atoms with Crippen LogP contribution in [0.1, 0.15) is 45.6 Å². The highest BCUT2D eigenvalue weighted by atomic mass is 16.6. The lowest BCUT2D eigenvalue weighted by Crippen LogP contribution is -2.25. The van der Waals surface area contributed by atoms with Crippen molar-refractivity contribution in [2.75, 3.05) is 7.11 Å². The average Bonchev–Trinajstić information content (AvgIpc) is 2.44. The Morgan fingerprint density at radius 1 is 1.24 bits per heavy atom. The summed E-state index contributed by atoms with van der Waals surface area (Å²) in [7, 11) is 1.52. The van der Waals surface area contributed by atoms with Gasteiger partial charge in [-0.1, -0.05) is 26.7 Å². The number of non-ortho nitro benzene ring substituents is 1. The number of hydrogen-bond donors (Lipinski definition) is 1. The molecule has 5 heteroatoms. The molecule has 118 valence electrons. The summed E-state index contributed by atoms with van der Waals surface area (Å²) in [5.74, 6) is 1.26. The van der Waals surface area contributed by atoms with Crippen molar-refractivity contribution in [3.63, 3.8) is 0 Å². The molecule has 5 nitrogen and oxygen atoms in total. The molecule has 1 unspecified atom stereocenters. The Hall–Kier alpha value is -1.62. The van der Waals surface area contributed by atoms with E-state index in [1.54, 1.807) is 6.07 Å². The first-order valence-electron chi connectivity index (χ1n) is 7.48. The van der Waals surface area contributed by atoms with Gasteiger partial charge >= 0.3 is 0 Å². The van der Waals surface area contributed by atoms with Crippen molar-refractivity contribution >= 4 is 5.69 Å². The highest BCUT2D eigenvalue weighted by Gasteiger charge is 2.11. The summed E-state index contributed by atoms with van der Waals surface area (Å²) < 4.78 is 5.11. The van der Waals surface area contributed by atoms with Gasteiger partial charge in [-0.15, -0.1) is 0 Å². The Bertz CT molecular complexity index is 461. The van der Waals surface area contributed by atoms with E-state index in [2.05, 4.69) is 26.1 Å². The Morgan fingerprint density at radius 2 is 1.95 bits per heavy atom. The fourth-order valence-electron chi connectivity index (χ4n) is 2.20. The molecule has 1 aromatic carbocycles. The first-order chi connectivity index (χ1) is 9.92. The molecule has 21 heavy (non-hydrogen) atoms. The summed E-state index contributed by atoms with van der Waals surface area (Å²) in [6, 6.07) is 5.27. The third kappa shape index (κ3) is 6.58. The number of rotatable bonds is 9. The van der Waals surface area contributed by atoms with E-state index in [0.717, 1.165) is 17.9 Å². The fraction of sp³-hybridized carbons (Fsp3) is 0.625. The summed E-state index contributed by atoms with van der Waals surface area (Å²) in [5.41, 5.74) is 0.940. The van der Waals surface area contributed by atoms with E-state index in [4.69, 9.17) is 4.74 Å². The lowest BCUT2D eigenvalue weighted by Gasteiger charge is -2.15. The van der Waals surface area contributed by atoms with Crippen LogP contribution in [0, 0.1) is 16.0 Å². The molecule has 0 radical (unpaired) electrons. The first-order valence-corrected chi connectivity index (χ1v) is 7.48. The minimum absolute atomic E-state index is 0.0682. The number of methoxy groups -OCH3 is 1. The van der Waals surface area contributed by atoms with Gasteiger partial charge in [-0.2, -0.15) is 0 Å². The number of nitrogens with zero attached hydrogens (tertiary/aromatic N) is 1. The van der Waals surface area contributed by atoms with Gasteiger partial charge in [0.25, 0.3) is 5.69 Å². The molecule has 0 aromatic heterocycles. The monoisotopic (exact) mass is 294 g/mol. The van der Waals surface area contributed by atoms with Crippen LogP contribution < -0.4 is 10.1 Å². The second-order valence-corrected chi connectivity index (χ2v) is 5.90. The summed E-state index contributed by atoms with van der Waals surface area (Å²) in [6.45, 7) is 7.22. The molecule has 0 aliphatic rings. The second kappa shape index (κ2) is 8.62. The van der Waals surface area contributed by atoms with Crippen molar-refractivity contribution in [3.8, 4) is 5.75 Å². The Kier molecular flexibility index (Phi) is 7.15. The van der Waals surface area contributed by atoms with Crippen molar-refractivity contribution in [3.05, 3.63) is 33.9 Å². The topological polar surface area (TPSA) is 64.4 Å². The Labute approximate surface area is 126 Å². The molecule has 1 rings (SSSR count). The van der Waals surface area contributed by atoms with Gasteiger partial charge in [0, 0.05) is 18.7 Å². The van der Waals surface area contributed by atoms with E-state index in [1.807, 2.05) is 6.07 Å². The fourth-order valence-corrected chi connectivity index (χ4v) is 2.20. The lowest BCUT2D eigenvalue weighted by atomic mass is 10.0. The smallest absolute Gasteiger partial charge is 0.273 e. The summed E-state index contributed by atoms with van der Waals surface area (Å²) in [6.07, 6.45) is 3.55. The third-order valence-corrected chi connectivity index (χ3v) is 3.47. The van der Waals surface area contributed by atoms with Gasteiger partial charge in [0.05, 0.1) is 18.1 Å². The molecular weight excluding hydrogens is 268 g/mol. The number of hydrogen-bond acceptors (Lipinski definition) is 4. The highest BCUT2D eigenvalue weighted by molar-refractivity contribution is 5.42. The van der Waals surface area contributed by atoms with Gasteiger partial charge in [-0.3, -0.25) is 10.1 Å². The first kappa shape index (κ1) is 17.4. The van der Waals surface area contributed by atoms with Crippen LogP contribution in [0.3, 0.4) is 0 Å². The van der Waals surface area contributed by atoms with Crippen molar-refractivity contribution in [1.82, 2.24) is 5.32 Å². The summed E-state index contributed by atoms with van der Waals surface area (Å²) in [5, 5.41) is 14.3. The van der Waals surface area contributed by atoms with Crippen LogP contribution in [0.15, 0.2) is 18.2 Å². The zero-order valence-corrected chi connectivity index (χ0v) is 13.4. The van der Waals surface area contributed by atoms with Crippen molar-refractivity contribution < 1.29 is 9.66 Å². The predicted octanol–water partition coefficient (Wildman–Crippen LogP) is 3.91. The Morgan fingerprint density at radius 3 is 2.52 bits per heavy atom. The maximum atomic E-state index is 10.9. The normalized spacial score (nSPS) is 12.4. The molecule has 0 amide bonds. The maximum Gasteiger partial charge on any atom is 0.273 e. The van der Waals surface area contributed by atoms with Crippen molar-refractivity contribution in [2.24, 2.45) is 5.92 Å². The number of benzene rings is 1. The molecule has 0 bridgehead atoms. The minimum Gasteiger partial charge on any atom is -0.496 e. The number of nitro benzene ring substituents is 1. The number of ether oxygens (including phenoxy) is 1. The molecule has 0 heterocycles. The van der Waals surface area contributed by atoms with Crippen LogP contribution in [-0.2, 0) is 6.54 Å². The van der Waals surface area contributed by atoms with Gasteiger partial charge in [-0.05, 0) is 30.9 Å². The highest BCUT2D eigenvalue weighted by Crippen LogP contribution is 2.22. The van der Waals surface area contributed by atoms with Crippen molar-refractivity contribution in [1.29, 1.82) is 0 Å². The van der Waals surface area contributed by atoms with Gasteiger partial charge < -0.3 is 10.1 Å². The van der Waals surface area contributed by atoms with Gasteiger partial charge in [0.1, 0.15) is 5.75 Å². The van der Waals surface area contributed by atoms with E-state index in [-0.39, 0.29) is 5.69 Å². The molecule has 0 fully saturated rings. The standard InChI is InChI=1S/C16H26N2O3/c1-12(2)6-5-7-13(3)17-11-14-8-15(18(19)20)10-16(9-14)21-4/h8-10,12-13,17H,5-7,11H2,1-4H3. The molecule has 0 aliphatic carbocycles. The van der Waals surface area contributed by atoms with Crippen LogP contribution in [0.2, 0.25) is 0 Å². The quantitative estimate of drug-likeness (QED) is 0.554. The molecule has 1 N–H and O–H groups in total. The van der Waals surface area contributed by atoms with Crippen LogP contribution >= 0.6 is 0 Å². The Balaban J connectivity index is 2.54. The van der Waals surface area contributed by atoms with Crippen LogP contribution in [0.25, 0.3) is 0 Å². The molecule has 1 aromatic rings. The molecule has 0 saturated heterocycles. The van der Waals surface area contributed by atoms with Gasteiger partial charge in [0.2, 0.25) is 0 Å². The van der Waals surface area contributed by atoms with Crippen LogP contribution in [0.5, 0.6) is 5.75 Å². The van der Waals surface area contributed by atoms with Crippen molar-refractivity contribution in [2.45, 2.75) is 52.6 Å². The second-order valence-electron chi connectivity index (χ2n) is 5.90. The largest absolute Gasteiger partial charge is 0.496 e. The molecule has 0 aliphatic heterocycles. The van der Waals surface area contributed by atoms with E-state index in [9.17, 15) is 10.1 Å². The van der Waals surface area contributed by atoms with Gasteiger partial charge in [0.15, 0.2) is 0 Å². The zero-order valence-electron chi connectivity index (χ0n) is 13.4. The molecule has 1 atom stereocenters. The number of nitro groups is 1. The van der Waals surface area contributed by atoms with Gasteiger partial charge in [-0.25, -0.2) is 0 Å². The minimum atomic E-state index is -0.391. The summed E-state index contributed by atoms with van der Waals surface area (Å²) >= 11 is 0. The summed E-state index contributed by atoms with van der Waals surface area (Å²) in [4.78, 5) is 10.5. The average molecular weight is 294 g/mol. The molecule has 0 spiro atoms. The SMILES string of the molecule is COc1cc(CNC(C)CCCC(C)C)cc([N+](=O)[O-])c1. The van der Waals surface area contributed by atoms with Crippen LogP contribution in [-0.4, -0.2) is 18.1 Å². The van der Waals surface area contributed by atoms with E-state index in [0.29, 0.717) is 18.3 Å². The molecular formula is C16H26N2O3. The van der Waals surface area contributed by atoms with E-state index < -0.39 is 4.92 Å². The van der Waals surface area contributed by atoms with Crippen LogP contribution in [0.4, 0.5) is 5.69 Å².